The number of nitrogens with zero attached hydrogens (tertiary/aromatic N) is 2. The lowest BCUT2D eigenvalue weighted by atomic mass is 10.2. The Hall–Kier alpha value is -3.92. The summed E-state index contributed by atoms with van der Waals surface area (Å²) in [6, 6.07) is 19.7. The van der Waals surface area contributed by atoms with Crippen LogP contribution < -0.4 is 14.4 Å². The van der Waals surface area contributed by atoms with Crippen LogP contribution in [0.4, 0.5) is 11.4 Å². The number of carbonyl (C=O) groups is 1. The van der Waals surface area contributed by atoms with Gasteiger partial charge in [-0.15, -0.1) is 0 Å². The predicted octanol–water partition coefficient (Wildman–Crippen LogP) is 3.68. The molecule has 3 rings (SSSR count). The van der Waals surface area contributed by atoms with E-state index in [9.17, 15) is 23.3 Å². The monoisotopic (exact) mass is 483 g/mol. The van der Waals surface area contributed by atoms with Gasteiger partial charge in [-0.3, -0.25) is 19.2 Å². The smallest absolute Gasteiger partial charge is 0.269 e. The molecule has 0 bridgehead atoms. The molecule has 3 aromatic rings. The summed E-state index contributed by atoms with van der Waals surface area (Å²) in [5, 5.41) is 13.7. The Labute approximate surface area is 198 Å². The molecule has 1 N–H and O–H groups in total. The summed E-state index contributed by atoms with van der Waals surface area (Å²) in [6.45, 7) is 3.39. The SMILES string of the molecule is Cc1ccc(OCC(C)NC(=O)CN(c2ccc([N+](=O)[O-])cc2)S(=O)(=O)c2ccccc2)cc1. The maximum absolute atomic E-state index is 13.3. The molecule has 0 spiro atoms. The molecule has 0 radical (unpaired) electrons. The number of sulfonamides is 1. The fourth-order valence-electron chi connectivity index (χ4n) is 3.12. The second kappa shape index (κ2) is 10.8. The summed E-state index contributed by atoms with van der Waals surface area (Å²) in [4.78, 5) is 23.2. The van der Waals surface area contributed by atoms with Crippen molar-refractivity contribution in [3.05, 3.63) is 94.5 Å². The Morgan fingerprint density at radius 3 is 2.24 bits per heavy atom. The normalized spacial score (nSPS) is 11.9. The zero-order valence-electron chi connectivity index (χ0n) is 18.7. The summed E-state index contributed by atoms with van der Waals surface area (Å²) in [7, 11) is -4.11. The lowest BCUT2D eigenvalue weighted by Crippen LogP contribution is -2.45. The Balaban J connectivity index is 1.75. The summed E-state index contributed by atoms with van der Waals surface area (Å²) in [5.74, 6) is 0.115. The number of hydrogen-bond acceptors (Lipinski definition) is 6. The van der Waals surface area contributed by atoms with Crippen LogP contribution in [0.1, 0.15) is 12.5 Å². The standard InChI is InChI=1S/C24H25N3O6S/c1-18-8-14-22(15-9-18)33-17-19(2)25-24(28)16-26(20-10-12-21(13-11-20)27(29)30)34(31,32)23-6-4-3-5-7-23/h3-15,19H,16-17H2,1-2H3,(H,25,28). The Bertz CT molecular complexity index is 1230. The highest BCUT2D eigenvalue weighted by Gasteiger charge is 2.28. The first-order valence-electron chi connectivity index (χ1n) is 10.5. The number of aryl methyl sites for hydroxylation is 1. The van der Waals surface area contributed by atoms with Crippen LogP contribution in [0.2, 0.25) is 0 Å². The van der Waals surface area contributed by atoms with Crippen LogP contribution in [0, 0.1) is 17.0 Å². The molecule has 3 aromatic carbocycles. The number of nitrogens with one attached hydrogen (secondary N) is 1. The van der Waals surface area contributed by atoms with Crippen molar-refractivity contribution >= 4 is 27.3 Å². The molecular formula is C24H25N3O6S. The van der Waals surface area contributed by atoms with Crippen LogP contribution in [0.5, 0.6) is 5.75 Å². The van der Waals surface area contributed by atoms with Gasteiger partial charge in [0.15, 0.2) is 0 Å². The van der Waals surface area contributed by atoms with Gasteiger partial charge in [-0.2, -0.15) is 0 Å². The average Bonchev–Trinajstić information content (AvgIpc) is 2.82. The predicted molar refractivity (Wildman–Crippen MR) is 128 cm³/mol. The van der Waals surface area contributed by atoms with Gasteiger partial charge in [-0.1, -0.05) is 35.9 Å². The van der Waals surface area contributed by atoms with E-state index in [-0.39, 0.29) is 22.9 Å². The van der Waals surface area contributed by atoms with Crippen LogP contribution in [0.15, 0.2) is 83.8 Å². The number of ether oxygens (including phenoxy) is 1. The molecule has 1 atom stereocenters. The van der Waals surface area contributed by atoms with Gasteiger partial charge < -0.3 is 10.1 Å². The summed E-state index contributed by atoms with van der Waals surface area (Å²) >= 11 is 0. The molecule has 9 nitrogen and oxygen atoms in total. The van der Waals surface area contributed by atoms with Gasteiger partial charge in [0.1, 0.15) is 18.9 Å². The van der Waals surface area contributed by atoms with Crippen molar-refractivity contribution in [2.75, 3.05) is 17.5 Å². The minimum absolute atomic E-state index is 0.00287. The van der Waals surface area contributed by atoms with Gasteiger partial charge in [0.2, 0.25) is 5.91 Å². The number of non-ortho nitro benzene ring substituents is 1. The first-order chi connectivity index (χ1) is 16.2. The van der Waals surface area contributed by atoms with Gasteiger partial charge in [0, 0.05) is 12.1 Å². The first-order valence-corrected chi connectivity index (χ1v) is 11.9. The Kier molecular flexibility index (Phi) is 7.85. The minimum atomic E-state index is -4.11. The molecule has 1 amide bonds. The van der Waals surface area contributed by atoms with E-state index in [4.69, 9.17) is 4.74 Å². The maximum Gasteiger partial charge on any atom is 0.269 e. The average molecular weight is 484 g/mol. The molecule has 0 aliphatic heterocycles. The molecule has 0 fully saturated rings. The fourth-order valence-corrected chi connectivity index (χ4v) is 4.57. The minimum Gasteiger partial charge on any atom is -0.491 e. The third-order valence-corrected chi connectivity index (χ3v) is 6.68. The Morgan fingerprint density at radius 1 is 1.03 bits per heavy atom. The van der Waals surface area contributed by atoms with Crippen molar-refractivity contribution in [3.8, 4) is 5.75 Å². The zero-order valence-corrected chi connectivity index (χ0v) is 19.6. The lowest BCUT2D eigenvalue weighted by molar-refractivity contribution is -0.384. The summed E-state index contributed by atoms with van der Waals surface area (Å²) < 4.78 is 33.2. The molecule has 0 aromatic heterocycles. The molecule has 0 aliphatic carbocycles. The second-order valence-corrected chi connectivity index (χ2v) is 9.55. The number of nitro groups is 1. The van der Waals surface area contributed by atoms with Gasteiger partial charge in [-0.05, 0) is 50.2 Å². The van der Waals surface area contributed by atoms with E-state index in [0.717, 1.165) is 9.87 Å². The van der Waals surface area contributed by atoms with E-state index < -0.39 is 33.4 Å². The van der Waals surface area contributed by atoms with Crippen LogP contribution >= 0.6 is 0 Å². The fraction of sp³-hybridized carbons (Fsp3) is 0.208. The number of hydrogen-bond donors (Lipinski definition) is 1. The summed E-state index contributed by atoms with van der Waals surface area (Å²) in [6.07, 6.45) is 0. The third kappa shape index (κ3) is 6.32. The topological polar surface area (TPSA) is 119 Å². The van der Waals surface area contributed by atoms with Crippen LogP contribution in [0.25, 0.3) is 0 Å². The van der Waals surface area contributed by atoms with Crippen LogP contribution in [0.3, 0.4) is 0 Å². The van der Waals surface area contributed by atoms with E-state index in [0.29, 0.717) is 5.75 Å². The van der Waals surface area contributed by atoms with Crippen LogP contribution in [-0.2, 0) is 14.8 Å². The van der Waals surface area contributed by atoms with Gasteiger partial charge >= 0.3 is 0 Å². The molecular weight excluding hydrogens is 458 g/mol. The number of carbonyl (C=O) groups excluding carboxylic acids is 1. The molecule has 1 unspecified atom stereocenters. The number of amides is 1. The van der Waals surface area contributed by atoms with Crippen molar-refractivity contribution < 1.29 is 22.9 Å². The first kappa shape index (κ1) is 24.7. The number of rotatable bonds is 10. The molecule has 0 saturated carbocycles. The van der Waals surface area contributed by atoms with Gasteiger partial charge in [-0.25, -0.2) is 8.42 Å². The van der Waals surface area contributed by atoms with Crippen molar-refractivity contribution in [2.45, 2.75) is 24.8 Å². The maximum atomic E-state index is 13.3. The molecule has 0 aliphatic rings. The van der Waals surface area contributed by atoms with E-state index in [1.807, 2.05) is 31.2 Å². The highest BCUT2D eigenvalue weighted by Crippen LogP contribution is 2.25. The van der Waals surface area contributed by atoms with Gasteiger partial charge in [0.25, 0.3) is 15.7 Å². The molecule has 178 valence electrons. The largest absolute Gasteiger partial charge is 0.491 e. The number of benzene rings is 3. The van der Waals surface area contributed by atoms with E-state index in [1.165, 1.54) is 36.4 Å². The highest BCUT2D eigenvalue weighted by molar-refractivity contribution is 7.92. The molecule has 0 heterocycles. The highest BCUT2D eigenvalue weighted by atomic mass is 32.2. The lowest BCUT2D eigenvalue weighted by Gasteiger charge is -2.25. The second-order valence-electron chi connectivity index (χ2n) is 7.69. The molecule has 0 saturated heterocycles. The van der Waals surface area contributed by atoms with E-state index in [1.54, 1.807) is 25.1 Å². The summed E-state index contributed by atoms with van der Waals surface area (Å²) in [5.41, 5.74) is 1.04. The quantitative estimate of drug-likeness (QED) is 0.347. The van der Waals surface area contributed by atoms with Crippen molar-refractivity contribution in [3.63, 3.8) is 0 Å². The van der Waals surface area contributed by atoms with E-state index in [2.05, 4.69) is 5.32 Å². The van der Waals surface area contributed by atoms with Crippen LogP contribution in [-0.4, -0.2) is 38.4 Å². The van der Waals surface area contributed by atoms with Crippen molar-refractivity contribution in [2.24, 2.45) is 0 Å². The molecule has 34 heavy (non-hydrogen) atoms. The Morgan fingerprint density at radius 2 is 1.65 bits per heavy atom. The van der Waals surface area contributed by atoms with Gasteiger partial charge in [0.05, 0.1) is 21.5 Å². The van der Waals surface area contributed by atoms with E-state index >= 15 is 0 Å². The van der Waals surface area contributed by atoms with Crippen molar-refractivity contribution in [1.29, 1.82) is 0 Å². The number of nitro benzene ring substituents is 1. The number of anilines is 1. The zero-order chi connectivity index (χ0) is 24.7. The third-order valence-electron chi connectivity index (χ3n) is 4.90. The molecule has 10 heteroatoms. The van der Waals surface area contributed by atoms with Crippen molar-refractivity contribution in [1.82, 2.24) is 5.32 Å².